The van der Waals surface area contributed by atoms with Gasteiger partial charge < -0.3 is 20.1 Å². The largest absolute Gasteiger partial charge is 0.465 e. The Labute approximate surface area is 130 Å². The zero-order valence-corrected chi connectivity index (χ0v) is 13.0. The topological polar surface area (TPSA) is 78.9 Å². The molecule has 1 aromatic carbocycles. The van der Waals surface area contributed by atoms with Crippen LogP contribution in [-0.2, 0) is 4.74 Å². The zero-order valence-electron chi connectivity index (χ0n) is 13.0. The summed E-state index contributed by atoms with van der Waals surface area (Å²) in [6.07, 6.45) is 2.80. The minimum Gasteiger partial charge on any atom is -0.465 e. The molecule has 0 aromatic heterocycles. The van der Waals surface area contributed by atoms with Gasteiger partial charge in [-0.3, -0.25) is 0 Å². The van der Waals surface area contributed by atoms with Gasteiger partial charge in [0.25, 0.3) is 0 Å². The highest BCUT2D eigenvalue weighted by Crippen LogP contribution is 2.21. The van der Waals surface area contributed by atoms with Crippen LogP contribution in [-0.4, -0.2) is 48.3 Å². The summed E-state index contributed by atoms with van der Waals surface area (Å²) in [5, 5.41) is 12.2. The number of carbonyl (C=O) groups excluding carboxylic acids is 2. The number of nitrogens with one attached hydrogen (secondary N) is 1. The number of nitrogens with zero attached hydrogens (tertiary/aromatic N) is 1. The highest BCUT2D eigenvalue weighted by atomic mass is 16.5. The Morgan fingerprint density at radius 3 is 2.82 bits per heavy atom. The van der Waals surface area contributed by atoms with Crippen LogP contribution in [0.25, 0.3) is 0 Å². The van der Waals surface area contributed by atoms with Gasteiger partial charge in [0, 0.05) is 12.2 Å². The zero-order chi connectivity index (χ0) is 16.1. The second kappa shape index (κ2) is 7.26. The van der Waals surface area contributed by atoms with Gasteiger partial charge in [-0.15, -0.1) is 0 Å². The van der Waals surface area contributed by atoms with E-state index in [1.807, 2.05) is 6.92 Å². The van der Waals surface area contributed by atoms with E-state index in [1.54, 1.807) is 23.1 Å². The number of benzene rings is 1. The van der Waals surface area contributed by atoms with E-state index in [0.29, 0.717) is 17.8 Å². The first-order valence-corrected chi connectivity index (χ1v) is 7.44. The number of urea groups is 1. The molecule has 0 aliphatic carbocycles. The molecule has 0 radical (unpaired) electrons. The number of esters is 1. The Balaban J connectivity index is 2.09. The van der Waals surface area contributed by atoms with Crippen molar-refractivity contribution in [2.45, 2.75) is 32.2 Å². The third-order valence-electron chi connectivity index (χ3n) is 3.99. The van der Waals surface area contributed by atoms with E-state index in [1.165, 1.54) is 7.11 Å². The average Bonchev–Trinajstić information content (AvgIpc) is 2.55. The lowest BCUT2D eigenvalue weighted by Crippen LogP contribution is -2.47. The van der Waals surface area contributed by atoms with Gasteiger partial charge in [-0.1, -0.05) is 0 Å². The number of aliphatic hydroxyl groups excluding tert-OH is 1. The average molecular weight is 306 g/mol. The Kier molecular flexibility index (Phi) is 5.38. The van der Waals surface area contributed by atoms with Gasteiger partial charge in [-0.05, 0) is 49.9 Å². The second-order valence-electron chi connectivity index (χ2n) is 5.48. The third-order valence-corrected chi connectivity index (χ3v) is 3.99. The second-order valence-corrected chi connectivity index (χ2v) is 5.48. The summed E-state index contributed by atoms with van der Waals surface area (Å²) in [6, 6.07) is 4.66. The lowest BCUT2D eigenvalue weighted by molar-refractivity contribution is 0.0600. The predicted octanol–water partition coefficient (Wildman–Crippen LogP) is 2.16. The molecule has 0 spiro atoms. The summed E-state index contributed by atoms with van der Waals surface area (Å²) in [4.78, 5) is 25.5. The molecule has 1 atom stereocenters. The molecular formula is C16H22N2O4. The number of piperidine rings is 1. The van der Waals surface area contributed by atoms with E-state index in [9.17, 15) is 14.7 Å². The minimum atomic E-state index is -0.405. The number of ether oxygens (including phenoxy) is 1. The van der Waals surface area contributed by atoms with Gasteiger partial charge >= 0.3 is 12.0 Å². The molecule has 1 heterocycles. The highest BCUT2D eigenvalue weighted by molar-refractivity contribution is 5.93. The first kappa shape index (κ1) is 16.3. The quantitative estimate of drug-likeness (QED) is 0.839. The summed E-state index contributed by atoms with van der Waals surface area (Å²) in [6.45, 7) is 2.45. The van der Waals surface area contributed by atoms with E-state index in [2.05, 4.69) is 10.1 Å². The Morgan fingerprint density at radius 1 is 1.41 bits per heavy atom. The molecule has 22 heavy (non-hydrogen) atoms. The molecule has 2 amide bonds. The lowest BCUT2D eigenvalue weighted by Gasteiger charge is -2.34. The number of hydrogen-bond acceptors (Lipinski definition) is 4. The number of rotatable bonds is 3. The molecule has 120 valence electrons. The van der Waals surface area contributed by atoms with Crippen molar-refractivity contribution in [2.75, 3.05) is 25.6 Å². The van der Waals surface area contributed by atoms with Crippen LogP contribution in [0.4, 0.5) is 10.5 Å². The van der Waals surface area contributed by atoms with Crippen LogP contribution in [0, 0.1) is 6.92 Å². The molecule has 2 rings (SSSR count). The molecule has 0 saturated carbocycles. The summed E-state index contributed by atoms with van der Waals surface area (Å²) in [5.74, 6) is -0.405. The number of likely N-dealkylation sites (tertiary alicyclic amines) is 1. The minimum absolute atomic E-state index is 0.0202. The number of aliphatic hydroxyl groups is 1. The number of hydrogen-bond donors (Lipinski definition) is 2. The fraction of sp³-hybridized carbons (Fsp3) is 0.500. The van der Waals surface area contributed by atoms with E-state index in [0.717, 1.165) is 24.8 Å². The van der Waals surface area contributed by atoms with Crippen LogP contribution >= 0.6 is 0 Å². The molecule has 1 fully saturated rings. The van der Waals surface area contributed by atoms with Crippen LogP contribution < -0.4 is 5.32 Å². The van der Waals surface area contributed by atoms with E-state index < -0.39 is 5.97 Å². The van der Waals surface area contributed by atoms with Crippen molar-refractivity contribution in [3.8, 4) is 0 Å². The summed E-state index contributed by atoms with van der Waals surface area (Å²) in [7, 11) is 1.33. The van der Waals surface area contributed by atoms with Crippen molar-refractivity contribution in [2.24, 2.45) is 0 Å². The van der Waals surface area contributed by atoms with Crippen molar-refractivity contribution >= 4 is 17.7 Å². The van der Waals surface area contributed by atoms with Gasteiger partial charge in [0.15, 0.2) is 0 Å². The maximum atomic E-state index is 12.4. The van der Waals surface area contributed by atoms with E-state index in [-0.39, 0.29) is 18.7 Å². The lowest BCUT2D eigenvalue weighted by atomic mass is 10.0. The fourth-order valence-electron chi connectivity index (χ4n) is 2.69. The van der Waals surface area contributed by atoms with Crippen molar-refractivity contribution in [3.63, 3.8) is 0 Å². The molecule has 2 N–H and O–H groups in total. The van der Waals surface area contributed by atoms with Gasteiger partial charge in [-0.2, -0.15) is 0 Å². The molecular weight excluding hydrogens is 284 g/mol. The number of anilines is 1. The normalized spacial score (nSPS) is 18.0. The third kappa shape index (κ3) is 3.57. The summed E-state index contributed by atoms with van der Waals surface area (Å²) >= 11 is 0. The van der Waals surface area contributed by atoms with Gasteiger partial charge in [0.05, 0.1) is 25.3 Å². The van der Waals surface area contributed by atoms with Crippen LogP contribution in [0.1, 0.15) is 35.2 Å². The monoisotopic (exact) mass is 306 g/mol. The molecule has 1 aliphatic heterocycles. The smallest absolute Gasteiger partial charge is 0.337 e. The van der Waals surface area contributed by atoms with Gasteiger partial charge in [-0.25, -0.2) is 9.59 Å². The van der Waals surface area contributed by atoms with E-state index >= 15 is 0 Å². The van der Waals surface area contributed by atoms with Crippen LogP contribution in [0.5, 0.6) is 0 Å². The number of methoxy groups -OCH3 is 1. The van der Waals surface area contributed by atoms with Crippen molar-refractivity contribution in [1.82, 2.24) is 4.90 Å². The molecule has 6 nitrogen and oxygen atoms in total. The summed E-state index contributed by atoms with van der Waals surface area (Å²) in [5.41, 5.74) is 1.89. The van der Waals surface area contributed by atoms with Crippen LogP contribution in [0.2, 0.25) is 0 Å². The van der Waals surface area contributed by atoms with Crippen LogP contribution in [0.3, 0.4) is 0 Å². The predicted molar refractivity (Wildman–Crippen MR) is 83.0 cm³/mol. The standard InChI is InChI=1S/C16H22N2O4/c1-11-9-12(15(20)22-2)6-7-14(11)17-16(21)18-8-4-3-5-13(18)10-19/h6-7,9,13,19H,3-5,8,10H2,1-2H3,(H,17,21)/t13-/m0/s1. The molecule has 1 aromatic rings. The molecule has 1 aliphatic rings. The number of aryl methyl sites for hydroxylation is 1. The van der Waals surface area contributed by atoms with Gasteiger partial charge in [0.1, 0.15) is 0 Å². The van der Waals surface area contributed by atoms with Gasteiger partial charge in [0.2, 0.25) is 0 Å². The first-order valence-electron chi connectivity index (χ1n) is 7.44. The van der Waals surface area contributed by atoms with E-state index in [4.69, 9.17) is 0 Å². The molecule has 1 saturated heterocycles. The molecule has 6 heteroatoms. The van der Waals surface area contributed by atoms with Crippen molar-refractivity contribution < 1.29 is 19.4 Å². The first-order chi connectivity index (χ1) is 10.6. The van der Waals surface area contributed by atoms with Crippen molar-refractivity contribution in [3.05, 3.63) is 29.3 Å². The van der Waals surface area contributed by atoms with Crippen molar-refractivity contribution in [1.29, 1.82) is 0 Å². The highest BCUT2D eigenvalue weighted by Gasteiger charge is 2.26. The summed E-state index contributed by atoms with van der Waals surface area (Å²) < 4.78 is 4.67. The Bertz CT molecular complexity index is 559. The number of amides is 2. The Morgan fingerprint density at radius 2 is 2.18 bits per heavy atom. The van der Waals surface area contributed by atoms with Crippen LogP contribution in [0.15, 0.2) is 18.2 Å². The number of carbonyl (C=O) groups is 2. The SMILES string of the molecule is COC(=O)c1ccc(NC(=O)N2CCCC[C@H]2CO)c(C)c1. The molecule has 0 unspecified atom stereocenters. The maximum Gasteiger partial charge on any atom is 0.337 e. The fourth-order valence-corrected chi connectivity index (χ4v) is 2.69. The Hall–Kier alpha value is -2.08. The maximum absolute atomic E-state index is 12.4. The molecule has 0 bridgehead atoms.